The van der Waals surface area contributed by atoms with Crippen molar-refractivity contribution in [3.8, 4) is 0 Å². The summed E-state index contributed by atoms with van der Waals surface area (Å²) in [5, 5.41) is 19.5. The number of nitrogens with one attached hydrogen (secondary N) is 1. The summed E-state index contributed by atoms with van der Waals surface area (Å²) in [7, 11) is -4.41. The van der Waals surface area contributed by atoms with E-state index in [4.69, 9.17) is 5.11 Å². The normalized spacial score (nSPS) is 12.1. The molecule has 2 N–H and O–H groups in total. The van der Waals surface area contributed by atoms with E-state index >= 15 is 0 Å². The maximum atomic E-state index is 13.5. The van der Waals surface area contributed by atoms with Gasteiger partial charge in [-0.2, -0.15) is 0 Å². The zero-order chi connectivity index (χ0) is 16.4. The summed E-state index contributed by atoms with van der Waals surface area (Å²) < 4.78 is 39.3. The highest BCUT2D eigenvalue weighted by Crippen LogP contribution is 2.22. The van der Waals surface area contributed by atoms with Gasteiger partial charge in [0.1, 0.15) is 10.7 Å². The van der Waals surface area contributed by atoms with Gasteiger partial charge in [-0.25, -0.2) is 17.5 Å². The van der Waals surface area contributed by atoms with Gasteiger partial charge in [-0.1, -0.05) is 0 Å². The van der Waals surface area contributed by atoms with Crippen molar-refractivity contribution >= 4 is 21.7 Å². The Morgan fingerprint density at radius 1 is 1.48 bits per heavy atom. The van der Waals surface area contributed by atoms with Crippen molar-refractivity contribution in [2.45, 2.75) is 18.7 Å². The van der Waals surface area contributed by atoms with Crippen LogP contribution in [0.15, 0.2) is 23.1 Å². The number of sulfonamides is 1. The van der Waals surface area contributed by atoms with Gasteiger partial charge >= 0.3 is 5.97 Å². The van der Waals surface area contributed by atoms with Crippen LogP contribution in [-0.2, 0) is 14.8 Å². The zero-order valence-corrected chi connectivity index (χ0v) is 12.0. The molecule has 0 aliphatic rings. The monoisotopic (exact) mass is 320 g/mol. The first-order chi connectivity index (χ1) is 9.47. The number of nitrogens with zero attached hydrogens (tertiary/aromatic N) is 1. The van der Waals surface area contributed by atoms with Crippen molar-refractivity contribution < 1.29 is 27.6 Å². The van der Waals surface area contributed by atoms with Gasteiger partial charge in [-0.15, -0.1) is 0 Å². The number of carbonyl (C=O) groups is 1. The van der Waals surface area contributed by atoms with Crippen LogP contribution in [0.25, 0.3) is 0 Å². The van der Waals surface area contributed by atoms with Crippen LogP contribution < -0.4 is 4.72 Å². The van der Waals surface area contributed by atoms with Gasteiger partial charge in [-0.05, 0) is 19.9 Å². The molecule has 0 saturated carbocycles. The molecular formula is C11H13FN2O6S. The highest BCUT2D eigenvalue weighted by atomic mass is 32.2. The van der Waals surface area contributed by atoms with Crippen LogP contribution in [0.3, 0.4) is 0 Å². The fourth-order valence-electron chi connectivity index (χ4n) is 1.24. The molecule has 0 spiro atoms. The Morgan fingerprint density at radius 2 is 2.05 bits per heavy atom. The van der Waals surface area contributed by atoms with Crippen LogP contribution >= 0.6 is 0 Å². The Balaban J connectivity index is 3.11. The van der Waals surface area contributed by atoms with Crippen LogP contribution in [0.1, 0.15) is 13.8 Å². The van der Waals surface area contributed by atoms with Gasteiger partial charge in [0, 0.05) is 18.7 Å². The first-order valence-electron chi connectivity index (χ1n) is 5.64. The molecule has 10 heteroatoms. The quantitative estimate of drug-likeness (QED) is 0.597. The largest absolute Gasteiger partial charge is 0.481 e. The second-order valence-corrected chi connectivity index (χ2v) is 6.62. The van der Waals surface area contributed by atoms with Crippen LogP contribution in [0.5, 0.6) is 0 Å². The van der Waals surface area contributed by atoms with Gasteiger partial charge in [-0.3, -0.25) is 14.9 Å². The van der Waals surface area contributed by atoms with E-state index in [9.17, 15) is 27.7 Å². The molecule has 8 nitrogen and oxygen atoms in total. The molecule has 0 bridgehead atoms. The van der Waals surface area contributed by atoms with E-state index in [2.05, 4.69) is 0 Å². The van der Waals surface area contributed by atoms with E-state index in [1.165, 1.54) is 13.8 Å². The van der Waals surface area contributed by atoms with Crippen molar-refractivity contribution in [2.24, 2.45) is 5.41 Å². The van der Waals surface area contributed by atoms with Crippen molar-refractivity contribution in [1.82, 2.24) is 4.72 Å². The van der Waals surface area contributed by atoms with E-state index in [0.29, 0.717) is 12.1 Å². The standard InChI is InChI=1S/C11H13FN2O6S/c1-11(2,10(15)16)6-13-21(19,20)9-5-7(14(17)18)3-4-8(9)12/h3-5,13H,6H2,1-2H3,(H,15,16). The Labute approximate surface area is 119 Å². The number of hydrogen-bond acceptors (Lipinski definition) is 5. The van der Waals surface area contributed by atoms with Crippen LogP contribution in [0.4, 0.5) is 10.1 Å². The third kappa shape index (κ3) is 3.95. The fraction of sp³-hybridized carbons (Fsp3) is 0.364. The number of carboxylic acid groups (broad SMARTS) is 1. The highest BCUT2D eigenvalue weighted by Gasteiger charge is 2.30. The molecule has 0 unspecified atom stereocenters. The number of benzene rings is 1. The van der Waals surface area contributed by atoms with Crippen molar-refractivity contribution in [3.63, 3.8) is 0 Å². The molecule has 21 heavy (non-hydrogen) atoms. The minimum Gasteiger partial charge on any atom is -0.481 e. The fourth-order valence-corrected chi connectivity index (χ4v) is 2.55. The van der Waals surface area contributed by atoms with E-state index in [1.807, 2.05) is 4.72 Å². The topological polar surface area (TPSA) is 127 Å². The molecule has 0 saturated heterocycles. The van der Waals surface area contributed by atoms with E-state index < -0.39 is 49.3 Å². The highest BCUT2D eigenvalue weighted by molar-refractivity contribution is 7.89. The summed E-state index contributed by atoms with van der Waals surface area (Å²) in [6.45, 7) is 2.07. The van der Waals surface area contributed by atoms with Gasteiger partial charge in [0.05, 0.1) is 10.3 Å². The molecule has 0 radical (unpaired) electrons. The molecule has 1 aromatic rings. The first kappa shape index (κ1) is 17.0. The molecule has 1 aromatic carbocycles. The summed E-state index contributed by atoms with van der Waals surface area (Å²) in [6.07, 6.45) is 0. The summed E-state index contributed by atoms with van der Waals surface area (Å²) in [6, 6.07) is 2.07. The maximum Gasteiger partial charge on any atom is 0.310 e. The summed E-state index contributed by atoms with van der Waals surface area (Å²) >= 11 is 0. The second-order valence-electron chi connectivity index (χ2n) is 4.89. The lowest BCUT2D eigenvalue weighted by Crippen LogP contribution is -2.39. The molecule has 0 amide bonds. The number of hydrogen-bond donors (Lipinski definition) is 2. The number of rotatable bonds is 6. The Kier molecular flexibility index (Phi) is 4.64. The predicted molar refractivity (Wildman–Crippen MR) is 69.7 cm³/mol. The van der Waals surface area contributed by atoms with Crippen molar-refractivity contribution in [2.75, 3.05) is 6.54 Å². The molecule has 116 valence electrons. The Morgan fingerprint density at radius 3 is 2.52 bits per heavy atom. The lowest BCUT2D eigenvalue weighted by Gasteiger charge is -2.19. The first-order valence-corrected chi connectivity index (χ1v) is 7.13. The van der Waals surface area contributed by atoms with E-state index in [-0.39, 0.29) is 0 Å². The molecule has 0 atom stereocenters. The Bertz CT molecular complexity index is 686. The number of nitro benzene ring substituents is 1. The van der Waals surface area contributed by atoms with Gasteiger partial charge in [0.25, 0.3) is 5.69 Å². The lowest BCUT2D eigenvalue weighted by atomic mass is 9.95. The lowest BCUT2D eigenvalue weighted by molar-refractivity contribution is -0.385. The average Bonchev–Trinajstić information content (AvgIpc) is 2.36. The number of nitro groups is 1. The molecule has 1 rings (SSSR count). The van der Waals surface area contributed by atoms with Crippen molar-refractivity contribution in [3.05, 3.63) is 34.1 Å². The average molecular weight is 320 g/mol. The molecule has 0 aliphatic heterocycles. The molecule has 0 aromatic heterocycles. The smallest absolute Gasteiger partial charge is 0.310 e. The number of carboxylic acids is 1. The predicted octanol–water partition coefficient (Wildman–Crippen LogP) is 1.12. The van der Waals surface area contributed by atoms with Crippen LogP contribution in [0, 0.1) is 21.3 Å². The molecular weight excluding hydrogens is 307 g/mol. The number of aliphatic carboxylic acids is 1. The van der Waals surface area contributed by atoms with Gasteiger partial charge < -0.3 is 5.11 Å². The number of non-ortho nitro benzene ring substituents is 1. The molecule has 0 aliphatic carbocycles. The SMILES string of the molecule is CC(C)(CNS(=O)(=O)c1cc([N+](=O)[O-])ccc1F)C(=O)O. The third-order valence-corrected chi connectivity index (χ3v) is 4.11. The minimum absolute atomic E-state index is 0.493. The molecule has 0 fully saturated rings. The maximum absolute atomic E-state index is 13.5. The third-order valence-electron chi connectivity index (χ3n) is 2.70. The van der Waals surface area contributed by atoms with Crippen molar-refractivity contribution in [1.29, 1.82) is 0 Å². The molecule has 0 heterocycles. The minimum atomic E-state index is -4.41. The number of halogens is 1. The van der Waals surface area contributed by atoms with E-state index in [1.54, 1.807) is 0 Å². The second kappa shape index (κ2) is 5.74. The summed E-state index contributed by atoms with van der Waals surface area (Å²) in [5.41, 5.74) is -2.00. The zero-order valence-electron chi connectivity index (χ0n) is 11.2. The summed E-state index contributed by atoms with van der Waals surface area (Å²) in [5.74, 6) is -2.41. The Hall–Kier alpha value is -2.07. The van der Waals surface area contributed by atoms with E-state index in [0.717, 1.165) is 6.07 Å². The van der Waals surface area contributed by atoms with Crippen LogP contribution in [0.2, 0.25) is 0 Å². The summed E-state index contributed by atoms with van der Waals surface area (Å²) in [4.78, 5) is 19.7. The van der Waals surface area contributed by atoms with Crippen LogP contribution in [-0.4, -0.2) is 31.0 Å². The van der Waals surface area contributed by atoms with Gasteiger partial charge in [0.2, 0.25) is 10.0 Å². The van der Waals surface area contributed by atoms with Gasteiger partial charge in [0.15, 0.2) is 0 Å².